The molecule has 0 aromatic carbocycles. The molecule has 24 heavy (non-hydrogen) atoms. The first-order chi connectivity index (χ1) is 11.1. The molecule has 0 saturated heterocycles. The second-order valence-electron chi connectivity index (χ2n) is 4.63. The van der Waals surface area contributed by atoms with E-state index in [0.717, 1.165) is 24.5 Å². The molecule has 0 atom stereocenters. The average molecular weight is 399 g/mol. The molecule has 0 fully saturated rings. The van der Waals surface area contributed by atoms with Gasteiger partial charge in [-0.2, -0.15) is 28.8 Å². The molecule has 2 heterocycles. The van der Waals surface area contributed by atoms with E-state index in [2.05, 4.69) is 4.74 Å². The number of ether oxygens (including phenoxy) is 1. The monoisotopic (exact) mass is 399 g/mol. The van der Waals surface area contributed by atoms with Crippen molar-refractivity contribution in [3.8, 4) is 0 Å². The van der Waals surface area contributed by atoms with E-state index < -0.39 is 40.2 Å². The van der Waals surface area contributed by atoms with Crippen LogP contribution < -0.4 is 0 Å². The molecule has 5 nitrogen and oxygen atoms in total. The number of hydrogen-bond donors (Lipinski definition) is 0. The van der Waals surface area contributed by atoms with Crippen molar-refractivity contribution in [3.05, 3.63) is 38.7 Å². The molecule has 0 spiro atoms. The number of alkyl halides is 3. The first kappa shape index (κ1) is 18.9. The Morgan fingerprint density at radius 2 is 2.00 bits per heavy atom. The van der Waals surface area contributed by atoms with E-state index in [1.165, 1.54) is 16.7 Å². The standard InChI is InChI=1S/C13H12F3NO4S3/c1-21-12(18)11-10(3-5-23-11)24(19,20)17(8-13(14,15)16)6-9-2-4-22-7-9/h2-5,7H,6,8H2,1H3. The number of methoxy groups -OCH3 is 1. The van der Waals surface area contributed by atoms with Crippen molar-refractivity contribution >= 4 is 38.7 Å². The molecule has 2 aromatic rings. The largest absolute Gasteiger partial charge is 0.465 e. The quantitative estimate of drug-likeness (QED) is 0.699. The highest BCUT2D eigenvalue weighted by molar-refractivity contribution is 7.89. The maximum absolute atomic E-state index is 12.8. The van der Waals surface area contributed by atoms with Crippen molar-refractivity contribution < 1.29 is 31.1 Å². The zero-order chi connectivity index (χ0) is 18.0. The topological polar surface area (TPSA) is 63.7 Å². The lowest BCUT2D eigenvalue weighted by Crippen LogP contribution is -2.38. The van der Waals surface area contributed by atoms with Gasteiger partial charge in [-0.05, 0) is 33.8 Å². The zero-order valence-electron chi connectivity index (χ0n) is 12.2. The van der Waals surface area contributed by atoms with E-state index in [4.69, 9.17) is 0 Å². The maximum atomic E-state index is 12.8. The fourth-order valence-electron chi connectivity index (χ4n) is 1.89. The van der Waals surface area contributed by atoms with Crippen LogP contribution in [0.4, 0.5) is 13.2 Å². The van der Waals surface area contributed by atoms with Gasteiger partial charge in [0.2, 0.25) is 10.0 Å². The molecule has 0 bridgehead atoms. The van der Waals surface area contributed by atoms with E-state index in [0.29, 0.717) is 9.87 Å². The minimum absolute atomic E-state index is 0.255. The molecular weight excluding hydrogens is 387 g/mol. The van der Waals surface area contributed by atoms with E-state index in [-0.39, 0.29) is 4.88 Å². The lowest BCUT2D eigenvalue weighted by atomic mass is 10.3. The summed E-state index contributed by atoms with van der Waals surface area (Å²) in [5.41, 5.74) is 0.433. The summed E-state index contributed by atoms with van der Waals surface area (Å²) in [6, 6.07) is 2.64. The van der Waals surface area contributed by atoms with Crippen molar-refractivity contribution in [1.29, 1.82) is 0 Å². The number of esters is 1. The summed E-state index contributed by atoms with van der Waals surface area (Å²) >= 11 is 2.04. The molecule has 0 saturated carbocycles. The zero-order valence-corrected chi connectivity index (χ0v) is 14.7. The molecule has 132 valence electrons. The Labute approximate surface area is 144 Å². The number of nitrogens with zero attached hydrogens (tertiary/aromatic N) is 1. The highest BCUT2D eigenvalue weighted by Gasteiger charge is 2.39. The highest BCUT2D eigenvalue weighted by Crippen LogP contribution is 2.29. The number of halogens is 3. The van der Waals surface area contributed by atoms with E-state index in [1.807, 2.05) is 0 Å². The first-order valence-electron chi connectivity index (χ1n) is 6.39. The Hall–Kier alpha value is -1.43. The molecule has 2 aromatic heterocycles. The molecule has 0 aliphatic rings. The van der Waals surface area contributed by atoms with Crippen LogP contribution in [0.3, 0.4) is 0 Å². The second-order valence-corrected chi connectivity index (χ2v) is 8.23. The van der Waals surface area contributed by atoms with Gasteiger partial charge in [0.05, 0.1) is 7.11 Å². The van der Waals surface area contributed by atoms with Crippen LogP contribution in [0.25, 0.3) is 0 Å². The lowest BCUT2D eigenvalue weighted by molar-refractivity contribution is -0.136. The van der Waals surface area contributed by atoms with Crippen LogP contribution in [0.5, 0.6) is 0 Å². The minimum atomic E-state index is -4.72. The number of thiophene rings is 2. The van der Waals surface area contributed by atoms with Crippen LogP contribution in [-0.4, -0.2) is 38.5 Å². The fraction of sp³-hybridized carbons (Fsp3) is 0.308. The Morgan fingerprint density at radius 1 is 1.29 bits per heavy atom. The van der Waals surface area contributed by atoms with Crippen molar-refractivity contribution in [3.63, 3.8) is 0 Å². The van der Waals surface area contributed by atoms with E-state index >= 15 is 0 Å². The van der Waals surface area contributed by atoms with Crippen LogP contribution in [0.1, 0.15) is 15.2 Å². The van der Waals surface area contributed by atoms with Crippen molar-refractivity contribution in [2.24, 2.45) is 0 Å². The van der Waals surface area contributed by atoms with E-state index in [1.54, 1.807) is 16.8 Å². The molecule has 0 radical (unpaired) electrons. The van der Waals surface area contributed by atoms with Gasteiger partial charge < -0.3 is 4.74 Å². The molecule has 0 aliphatic heterocycles. The van der Waals surface area contributed by atoms with Crippen molar-refractivity contribution in [2.45, 2.75) is 17.6 Å². The smallest absolute Gasteiger partial charge is 0.402 e. The van der Waals surface area contributed by atoms with Crippen LogP contribution in [0.2, 0.25) is 0 Å². The maximum Gasteiger partial charge on any atom is 0.402 e. The Bertz CT molecular complexity index is 797. The molecule has 0 N–H and O–H groups in total. The number of carbonyl (C=O) groups is 1. The molecular formula is C13H12F3NO4S3. The first-order valence-corrected chi connectivity index (χ1v) is 9.65. The van der Waals surface area contributed by atoms with Gasteiger partial charge in [-0.1, -0.05) is 0 Å². The van der Waals surface area contributed by atoms with Gasteiger partial charge in [-0.3, -0.25) is 0 Å². The molecule has 0 aliphatic carbocycles. The fourth-order valence-corrected chi connectivity index (χ4v) is 5.27. The second kappa shape index (κ2) is 7.21. The van der Waals surface area contributed by atoms with Crippen LogP contribution in [0, 0.1) is 0 Å². The summed E-state index contributed by atoms with van der Waals surface area (Å²) in [6.07, 6.45) is -4.72. The van der Waals surface area contributed by atoms with Crippen LogP contribution in [-0.2, 0) is 21.3 Å². The van der Waals surface area contributed by atoms with Gasteiger partial charge in [0.25, 0.3) is 0 Å². The number of sulfonamides is 1. The normalized spacial score (nSPS) is 12.5. The SMILES string of the molecule is COC(=O)c1sccc1S(=O)(=O)N(Cc1ccsc1)CC(F)(F)F. The van der Waals surface area contributed by atoms with Gasteiger partial charge >= 0.3 is 12.1 Å². The Kier molecular flexibility index (Phi) is 5.68. The summed E-state index contributed by atoms with van der Waals surface area (Å²) < 4.78 is 68.6. The third kappa shape index (κ3) is 4.35. The van der Waals surface area contributed by atoms with Gasteiger partial charge in [0.15, 0.2) is 0 Å². The highest BCUT2D eigenvalue weighted by atomic mass is 32.2. The van der Waals surface area contributed by atoms with Gasteiger partial charge in [-0.15, -0.1) is 11.3 Å². The van der Waals surface area contributed by atoms with Crippen LogP contribution >= 0.6 is 22.7 Å². The molecule has 0 amide bonds. The van der Waals surface area contributed by atoms with Gasteiger partial charge in [-0.25, -0.2) is 13.2 Å². The summed E-state index contributed by atoms with van der Waals surface area (Å²) in [5, 5.41) is 4.52. The molecule has 0 unspecified atom stereocenters. The predicted molar refractivity (Wildman–Crippen MR) is 83.6 cm³/mol. The number of rotatable bonds is 6. The minimum Gasteiger partial charge on any atom is -0.465 e. The Balaban J connectivity index is 2.43. The third-order valence-electron chi connectivity index (χ3n) is 2.91. The van der Waals surface area contributed by atoms with Crippen LogP contribution in [0.15, 0.2) is 33.2 Å². The predicted octanol–water partition coefficient (Wildman–Crippen LogP) is 3.35. The molecule has 11 heteroatoms. The summed E-state index contributed by atoms with van der Waals surface area (Å²) in [4.78, 5) is 10.9. The number of hydrogen-bond acceptors (Lipinski definition) is 6. The summed E-state index contributed by atoms with van der Waals surface area (Å²) in [5.74, 6) is -0.911. The van der Waals surface area contributed by atoms with Crippen molar-refractivity contribution in [2.75, 3.05) is 13.7 Å². The lowest BCUT2D eigenvalue weighted by Gasteiger charge is -2.23. The van der Waals surface area contributed by atoms with Crippen molar-refractivity contribution in [1.82, 2.24) is 4.31 Å². The average Bonchev–Trinajstić information content (AvgIpc) is 3.15. The summed E-state index contributed by atoms with van der Waals surface area (Å²) in [6.45, 7) is -2.09. The van der Waals surface area contributed by atoms with Gasteiger partial charge in [0, 0.05) is 6.54 Å². The Morgan fingerprint density at radius 3 is 2.54 bits per heavy atom. The third-order valence-corrected chi connectivity index (χ3v) is 6.50. The number of carbonyl (C=O) groups excluding carboxylic acids is 1. The molecule has 2 rings (SSSR count). The van der Waals surface area contributed by atoms with E-state index in [9.17, 15) is 26.4 Å². The summed E-state index contributed by atoms with van der Waals surface area (Å²) in [7, 11) is -3.46. The van der Waals surface area contributed by atoms with Gasteiger partial charge in [0.1, 0.15) is 16.3 Å².